The van der Waals surface area contributed by atoms with E-state index in [1.54, 1.807) is 6.08 Å². The number of hydrazine groups is 1. The van der Waals surface area contributed by atoms with Crippen LogP contribution in [0.1, 0.15) is 5.56 Å². The van der Waals surface area contributed by atoms with Crippen molar-refractivity contribution >= 4 is 11.8 Å². The Balaban J connectivity index is 1.63. The SMILES string of the molecule is OC1NN(c2ccccc2)C(O)/C1=C\c1ccc2c(c1)OCO2. The Morgan fingerprint density at radius 1 is 1.04 bits per heavy atom. The molecule has 0 saturated carbocycles. The summed E-state index contributed by atoms with van der Waals surface area (Å²) >= 11 is 0. The molecule has 2 aromatic rings. The van der Waals surface area contributed by atoms with E-state index in [9.17, 15) is 10.2 Å². The van der Waals surface area contributed by atoms with Crippen LogP contribution in [0.4, 0.5) is 5.69 Å². The lowest BCUT2D eigenvalue weighted by molar-refractivity contribution is 0.174. The molecule has 0 spiro atoms. The fourth-order valence-electron chi connectivity index (χ4n) is 2.72. The highest BCUT2D eigenvalue weighted by atomic mass is 16.7. The molecule has 2 aliphatic rings. The number of para-hydroxylation sites is 1. The Hall–Kier alpha value is -2.54. The first-order valence-electron chi connectivity index (χ1n) is 7.30. The summed E-state index contributed by atoms with van der Waals surface area (Å²) in [6.07, 6.45) is -0.179. The minimum absolute atomic E-state index is 0.212. The minimum atomic E-state index is -0.962. The number of rotatable bonds is 2. The molecule has 2 aliphatic heterocycles. The Kier molecular flexibility index (Phi) is 3.42. The van der Waals surface area contributed by atoms with Gasteiger partial charge in [-0.3, -0.25) is 5.01 Å². The average Bonchev–Trinajstić information content (AvgIpc) is 3.15. The van der Waals surface area contributed by atoms with E-state index in [0.717, 1.165) is 11.3 Å². The molecule has 6 nitrogen and oxygen atoms in total. The largest absolute Gasteiger partial charge is 0.454 e. The summed E-state index contributed by atoms with van der Waals surface area (Å²) in [5.74, 6) is 1.36. The second-order valence-electron chi connectivity index (χ2n) is 5.37. The second-order valence-corrected chi connectivity index (χ2v) is 5.37. The fourth-order valence-corrected chi connectivity index (χ4v) is 2.72. The first-order valence-corrected chi connectivity index (χ1v) is 7.30. The standard InChI is InChI=1S/C17H16N2O4/c20-16-13(8-11-6-7-14-15(9-11)23-10-22-14)17(21)19(18-16)12-4-2-1-3-5-12/h1-9,16-18,20-21H,10H2/b13-8-. The van der Waals surface area contributed by atoms with Gasteiger partial charge in [0.05, 0.1) is 5.69 Å². The van der Waals surface area contributed by atoms with Crippen molar-refractivity contribution in [2.45, 2.75) is 12.5 Å². The predicted molar refractivity (Wildman–Crippen MR) is 84.6 cm³/mol. The average molecular weight is 312 g/mol. The van der Waals surface area contributed by atoms with Gasteiger partial charge in [0.1, 0.15) is 6.23 Å². The Morgan fingerprint density at radius 2 is 1.83 bits per heavy atom. The van der Waals surface area contributed by atoms with Crippen molar-refractivity contribution in [1.29, 1.82) is 0 Å². The molecule has 0 aliphatic carbocycles. The summed E-state index contributed by atoms with van der Waals surface area (Å²) in [5, 5.41) is 22.2. The van der Waals surface area contributed by atoms with Crippen LogP contribution in [-0.2, 0) is 0 Å². The smallest absolute Gasteiger partial charge is 0.231 e. The molecule has 0 aromatic heterocycles. The number of aliphatic hydroxyl groups is 2. The molecule has 6 heteroatoms. The van der Waals surface area contributed by atoms with Gasteiger partial charge in [0.2, 0.25) is 6.79 Å². The number of benzene rings is 2. The van der Waals surface area contributed by atoms with Gasteiger partial charge in [-0.2, -0.15) is 5.43 Å². The lowest BCUT2D eigenvalue weighted by atomic mass is 10.1. The van der Waals surface area contributed by atoms with Crippen molar-refractivity contribution in [3.63, 3.8) is 0 Å². The number of hydrogen-bond acceptors (Lipinski definition) is 6. The van der Waals surface area contributed by atoms with Crippen LogP contribution in [0.25, 0.3) is 6.08 Å². The number of anilines is 1. The van der Waals surface area contributed by atoms with Crippen LogP contribution in [-0.4, -0.2) is 29.5 Å². The quantitative estimate of drug-likeness (QED) is 0.780. The number of nitrogens with zero attached hydrogens (tertiary/aromatic N) is 1. The Labute approximate surface area is 133 Å². The normalized spacial score (nSPS) is 24.4. The molecular formula is C17H16N2O4. The molecule has 2 unspecified atom stereocenters. The van der Waals surface area contributed by atoms with Crippen LogP contribution in [0, 0.1) is 0 Å². The minimum Gasteiger partial charge on any atom is -0.454 e. The van der Waals surface area contributed by atoms with Crippen molar-refractivity contribution in [3.05, 3.63) is 59.7 Å². The van der Waals surface area contributed by atoms with Crippen molar-refractivity contribution < 1.29 is 19.7 Å². The molecule has 2 atom stereocenters. The highest BCUT2D eigenvalue weighted by Crippen LogP contribution is 2.34. The van der Waals surface area contributed by atoms with Crippen LogP contribution < -0.4 is 19.9 Å². The maximum absolute atomic E-state index is 10.5. The molecule has 118 valence electrons. The molecule has 0 bridgehead atoms. The van der Waals surface area contributed by atoms with Gasteiger partial charge < -0.3 is 19.7 Å². The third kappa shape index (κ3) is 2.53. The highest BCUT2D eigenvalue weighted by Gasteiger charge is 2.34. The van der Waals surface area contributed by atoms with Gasteiger partial charge in [-0.1, -0.05) is 24.3 Å². The third-order valence-electron chi connectivity index (χ3n) is 3.88. The van der Waals surface area contributed by atoms with Crippen molar-refractivity contribution in [2.24, 2.45) is 0 Å². The summed E-state index contributed by atoms with van der Waals surface area (Å²) < 4.78 is 10.6. The van der Waals surface area contributed by atoms with Crippen LogP contribution >= 0.6 is 0 Å². The number of aliphatic hydroxyl groups excluding tert-OH is 2. The van der Waals surface area contributed by atoms with Gasteiger partial charge in [-0.15, -0.1) is 0 Å². The molecule has 0 radical (unpaired) electrons. The first-order chi connectivity index (χ1) is 11.2. The zero-order valence-corrected chi connectivity index (χ0v) is 12.2. The topological polar surface area (TPSA) is 74.2 Å². The van der Waals surface area contributed by atoms with Gasteiger partial charge in [-0.25, -0.2) is 0 Å². The first kappa shape index (κ1) is 14.1. The highest BCUT2D eigenvalue weighted by molar-refractivity contribution is 5.62. The fraction of sp³-hybridized carbons (Fsp3) is 0.176. The molecule has 4 rings (SSSR count). The van der Waals surface area contributed by atoms with E-state index in [1.807, 2.05) is 48.5 Å². The van der Waals surface area contributed by atoms with E-state index in [-0.39, 0.29) is 6.79 Å². The zero-order chi connectivity index (χ0) is 15.8. The van der Waals surface area contributed by atoms with E-state index in [0.29, 0.717) is 17.1 Å². The van der Waals surface area contributed by atoms with Gasteiger partial charge in [0.15, 0.2) is 17.7 Å². The molecule has 2 heterocycles. The number of nitrogens with one attached hydrogen (secondary N) is 1. The molecule has 0 amide bonds. The van der Waals surface area contributed by atoms with Crippen molar-refractivity contribution in [2.75, 3.05) is 11.8 Å². The number of ether oxygens (including phenoxy) is 2. The Bertz CT molecular complexity index is 748. The van der Waals surface area contributed by atoms with Crippen LogP contribution in [0.15, 0.2) is 54.1 Å². The van der Waals surface area contributed by atoms with Crippen LogP contribution in [0.2, 0.25) is 0 Å². The van der Waals surface area contributed by atoms with Gasteiger partial charge in [0, 0.05) is 5.57 Å². The Morgan fingerprint density at radius 3 is 2.65 bits per heavy atom. The van der Waals surface area contributed by atoms with Gasteiger partial charge >= 0.3 is 0 Å². The summed E-state index contributed by atoms with van der Waals surface area (Å²) in [7, 11) is 0. The number of hydrogen-bond donors (Lipinski definition) is 3. The second kappa shape index (κ2) is 5.58. The molecule has 3 N–H and O–H groups in total. The summed E-state index contributed by atoms with van der Waals surface area (Å²) in [5.41, 5.74) is 4.91. The van der Waals surface area contributed by atoms with E-state index in [1.165, 1.54) is 5.01 Å². The predicted octanol–water partition coefficient (Wildman–Crippen LogP) is 1.46. The zero-order valence-electron chi connectivity index (χ0n) is 12.2. The van der Waals surface area contributed by atoms with Crippen molar-refractivity contribution in [1.82, 2.24) is 5.43 Å². The molecule has 1 fully saturated rings. The van der Waals surface area contributed by atoms with E-state index < -0.39 is 12.5 Å². The lowest BCUT2D eigenvalue weighted by Crippen LogP contribution is -2.39. The summed E-state index contributed by atoms with van der Waals surface area (Å²) in [6.45, 7) is 0.212. The van der Waals surface area contributed by atoms with Crippen LogP contribution in [0.3, 0.4) is 0 Å². The molecular weight excluding hydrogens is 296 g/mol. The summed E-state index contributed by atoms with van der Waals surface area (Å²) in [6, 6.07) is 14.8. The monoisotopic (exact) mass is 312 g/mol. The van der Waals surface area contributed by atoms with Gasteiger partial charge in [-0.05, 0) is 35.9 Å². The molecule has 2 aromatic carbocycles. The molecule has 23 heavy (non-hydrogen) atoms. The maximum Gasteiger partial charge on any atom is 0.231 e. The van der Waals surface area contributed by atoms with E-state index in [4.69, 9.17) is 9.47 Å². The third-order valence-corrected chi connectivity index (χ3v) is 3.88. The number of fused-ring (bicyclic) bond motifs is 1. The van der Waals surface area contributed by atoms with Gasteiger partial charge in [0.25, 0.3) is 0 Å². The summed E-state index contributed by atoms with van der Waals surface area (Å²) in [4.78, 5) is 0. The van der Waals surface area contributed by atoms with Crippen molar-refractivity contribution in [3.8, 4) is 11.5 Å². The molecule has 1 saturated heterocycles. The maximum atomic E-state index is 10.5. The van der Waals surface area contributed by atoms with Crippen LogP contribution in [0.5, 0.6) is 11.5 Å². The van der Waals surface area contributed by atoms with E-state index in [2.05, 4.69) is 5.43 Å². The van der Waals surface area contributed by atoms with E-state index >= 15 is 0 Å². The lowest BCUT2D eigenvalue weighted by Gasteiger charge is -2.21.